The summed E-state index contributed by atoms with van der Waals surface area (Å²) in [6, 6.07) is 0. The lowest BCUT2D eigenvalue weighted by Gasteiger charge is -1.99. The van der Waals surface area contributed by atoms with Crippen LogP contribution in [0.25, 0.3) is 0 Å². The SMILES string of the molecule is O=C(O)C1CCc2sc(I)nc21. The number of rotatable bonds is 1. The Morgan fingerprint density at radius 3 is 3.17 bits per heavy atom. The number of carbonyl (C=O) groups is 1. The van der Waals surface area contributed by atoms with Gasteiger partial charge in [0.25, 0.3) is 0 Å². The van der Waals surface area contributed by atoms with Crippen molar-refractivity contribution in [2.45, 2.75) is 18.8 Å². The summed E-state index contributed by atoms with van der Waals surface area (Å²) in [7, 11) is 0. The van der Waals surface area contributed by atoms with Gasteiger partial charge in [-0.3, -0.25) is 4.79 Å². The van der Waals surface area contributed by atoms with E-state index in [9.17, 15) is 4.79 Å². The van der Waals surface area contributed by atoms with Gasteiger partial charge in [0.05, 0.1) is 5.69 Å². The first-order valence-electron chi connectivity index (χ1n) is 3.56. The maximum Gasteiger partial charge on any atom is 0.312 e. The molecule has 1 heterocycles. The van der Waals surface area contributed by atoms with Crippen LogP contribution in [0.4, 0.5) is 0 Å². The number of nitrogens with zero attached hydrogens (tertiary/aromatic N) is 1. The van der Waals surface area contributed by atoms with Crippen molar-refractivity contribution >= 4 is 39.9 Å². The molecular formula is C7H6INO2S. The topological polar surface area (TPSA) is 50.2 Å². The van der Waals surface area contributed by atoms with Gasteiger partial charge in [-0.1, -0.05) is 0 Å². The van der Waals surface area contributed by atoms with Gasteiger partial charge < -0.3 is 5.11 Å². The molecule has 12 heavy (non-hydrogen) atoms. The Morgan fingerprint density at radius 1 is 1.75 bits per heavy atom. The molecule has 1 atom stereocenters. The van der Waals surface area contributed by atoms with E-state index in [0.717, 1.165) is 26.4 Å². The zero-order valence-electron chi connectivity index (χ0n) is 6.08. The fourth-order valence-corrected chi connectivity index (χ4v) is 3.35. The normalized spacial score (nSPS) is 20.9. The van der Waals surface area contributed by atoms with E-state index in [2.05, 4.69) is 27.6 Å². The van der Waals surface area contributed by atoms with Gasteiger partial charge in [-0.25, -0.2) is 4.98 Å². The third kappa shape index (κ3) is 1.24. The zero-order valence-corrected chi connectivity index (χ0v) is 9.05. The minimum absolute atomic E-state index is 0.347. The summed E-state index contributed by atoms with van der Waals surface area (Å²) in [5.41, 5.74) is 0.803. The lowest BCUT2D eigenvalue weighted by Crippen LogP contribution is -2.08. The first-order valence-corrected chi connectivity index (χ1v) is 5.46. The molecule has 1 N–H and O–H groups in total. The number of aliphatic carboxylic acids is 1. The van der Waals surface area contributed by atoms with E-state index < -0.39 is 5.97 Å². The van der Waals surface area contributed by atoms with Crippen LogP contribution in [0.1, 0.15) is 22.9 Å². The summed E-state index contributed by atoms with van der Waals surface area (Å²) in [5.74, 6) is -1.09. The minimum Gasteiger partial charge on any atom is -0.481 e. The second kappa shape index (κ2) is 2.95. The van der Waals surface area contributed by atoms with Crippen molar-refractivity contribution in [1.82, 2.24) is 4.98 Å². The fourth-order valence-electron chi connectivity index (χ4n) is 1.44. The summed E-state index contributed by atoms with van der Waals surface area (Å²) in [6.45, 7) is 0. The molecule has 2 rings (SSSR count). The van der Waals surface area contributed by atoms with Crippen molar-refractivity contribution in [3.63, 3.8) is 0 Å². The highest BCUT2D eigenvalue weighted by molar-refractivity contribution is 14.1. The molecule has 1 aliphatic rings. The number of aromatic nitrogens is 1. The minimum atomic E-state index is -0.740. The summed E-state index contributed by atoms with van der Waals surface area (Å²) < 4.78 is 0.948. The average molecular weight is 295 g/mol. The molecular weight excluding hydrogens is 289 g/mol. The van der Waals surface area contributed by atoms with E-state index in [4.69, 9.17) is 5.11 Å². The molecule has 0 bridgehead atoms. The molecule has 1 aromatic heterocycles. The van der Waals surface area contributed by atoms with Crippen molar-refractivity contribution in [3.8, 4) is 0 Å². The Hall–Kier alpha value is -0.170. The number of carboxylic acids is 1. The van der Waals surface area contributed by atoms with Crippen LogP contribution in [0.15, 0.2) is 0 Å². The van der Waals surface area contributed by atoms with E-state index >= 15 is 0 Å². The molecule has 0 aliphatic heterocycles. The van der Waals surface area contributed by atoms with Crippen molar-refractivity contribution in [3.05, 3.63) is 13.6 Å². The predicted molar refractivity (Wildman–Crippen MR) is 53.5 cm³/mol. The van der Waals surface area contributed by atoms with Crippen LogP contribution in [0.2, 0.25) is 0 Å². The molecule has 5 heteroatoms. The summed E-state index contributed by atoms with van der Waals surface area (Å²) in [5, 5.41) is 8.83. The summed E-state index contributed by atoms with van der Waals surface area (Å²) in [6.07, 6.45) is 1.60. The van der Waals surface area contributed by atoms with E-state index in [1.165, 1.54) is 0 Å². The number of halogens is 1. The maximum atomic E-state index is 10.7. The van der Waals surface area contributed by atoms with Gasteiger partial charge in [-0.15, -0.1) is 11.3 Å². The number of fused-ring (bicyclic) bond motifs is 1. The fraction of sp³-hybridized carbons (Fsp3) is 0.429. The van der Waals surface area contributed by atoms with Crippen LogP contribution in [0.3, 0.4) is 0 Å². The highest BCUT2D eigenvalue weighted by Crippen LogP contribution is 2.36. The number of aryl methyl sites for hydroxylation is 1. The number of thiazole rings is 1. The summed E-state index contributed by atoms with van der Waals surface area (Å²) in [4.78, 5) is 16.1. The van der Waals surface area contributed by atoms with E-state index in [0.29, 0.717) is 0 Å². The van der Waals surface area contributed by atoms with Crippen molar-refractivity contribution in [1.29, 1.82) is 0 Å². The van der Waals surface area contributed by atoms with Gasteiger partial charge in [0.2, 0.25) is 0 Å². The molecule has 0 radical (unpaired) electrons. The molecule has 1 aliphatic carbocycles. The first-order chi connectivity index (χ1) is 5.68. The molecule has 64 valence electrons. The van der Waals surface area contributed by atoms with Crippen LogP contribution in [0, 0.1) is 3.01 Å². The van der Waals surface area contributed by atoms with E-state index in [1.54, 1.807) is 11.3 Å². The summed E-state index contributed by atoms with van der Waals surface area (Å²) >= 11 is 3.74. The third-order valence-corrected chi connectivity index (χ3v) is 3.81. The van der Waals surface area contributed by atoms with Gasteiger partial charge in [-0.2, -0.15) is 0 Å². The smallest absolute Gasteiger partial charge is 0.312 e. The molecule has 0 amide bonds. The molecule has 1 aromatic rings. The van der Waals surface area contributed by atoms with Crippen LogP contribution in [-0.2, 0) is 11.2 Å². The lowest BCUT2D eigenvalue weighted by atomic mass is 10.1. The number of carboxylic acid groups (broad SMARTS) is 1. The molecule has 0 aromatic carbocycles. The Labute approximate surface area is 87.0 Å². The van der Waals surface area contributed by atoms with E-state index in [1.807, 2.05) is 0 Å². The van der Waals surface area contributed by atoms with Crippen molar-refractivity contribution in [2.24, 2.45) is 0 Å². The highest BCUT2D eigenvalue weighted by Gasteiger charge is 2.31. The highest BCUT2D eigenvalue weighted by atomic mass is 127. The van der Waals surface area contributed by atoms with Gasteiger partial charge in [0.15, 0.2) is 3.01 Å². The lowest BCUT2D eigenvalue weighted by molar-refractivity contribution is -0.138. The van der Waals surface area contributed by atoms with Gasteiger partial charge in [-0.05, 0) is 35.4 Å². The van der Waals surface area contributed by atoms with Crippen molar-refractivity contribution in [2.75, 3.05) is 0 Å². The second-order valence-electron chi connectivity index (χ2n) is 2.70. The second-order valence-corrected chi connectivity index (χ2v) is 5.54. The Kier molecular flexibility index (Phi) is 2.07. The van der Waals surface area contributed by atoms with Crippen molar-refractivity contribution < 1.29 is 9.90 Å². The number of hydrogen-bond donors (Lipinski definition) is 1. The maximum absolute atomic E-state index is 10.7. The quantitative estimate of drug-likeness (QED) is 0.805. The predicted octanol–water partition coefficient (Wildman–Crippen LogP) is 1.86. The largest absolute Gasteiger partial charge is 0.481 e. The Bertz CT molecular complexity index is 336. The van der Waals surface area contributed by atoms with Crippen LogP contribution < -0.4 is 0 Å². The Morgan fingerprint density at radius 2 is 2.50 bits per heavy atom. The van der Waals surface area contributed by atoms with E-state index in [-0.39, 0.29) is 5.92 Å². The first kappa shape index (κ1) is 8.43. The molecule has 3 nitrogen and oxygen atoms in total. The monoisotopic (exact) mass is 295 g/mol. The molecule has 0 saturated carbocycles. The van der Waals surface area contributed by atoms with Gasteiger partial charge in [0, 0.05) is 4.88 Å². The number of hydrogen-bond acceptors (Lipinski definition) is 3. The van der Waals surface area contributed by atoms with Gasteiger partial charge in [0.1, 0.15) is 5.92 Å². The van der Waals surface area contributed by atoms with Crippen LogP contribution in [0.5, 0.6) is 0 Å². The Balaban J connectivity index is 2.41. The van der Waals surface area contributed by atoms with Gasteiger partial charge >= 0.3 is 5.97 Å². The third-order valence-electron chi connectivity index (χ3n) is 1.99. The standard InChI is InChI=1S/C7H6INO2S/c8-7-9-5-3(6(10)11)1-2-4(5)12-7/h3H,1-2H2,(H,10,11). The molecule has 1 unspecified atom stereocenters. The molecule has 0 saturated heterocycles. The molecule has 0 spiro atoms. The molecule has 0 fully saturated rings. The average Bonchev–Trinajstić information content (AvgIpc) is 2.43. The van der Waals surface area contributed by atoms with Crippen LogP contribution in [-0.4, -0.2) is 16.1 Å². The van der Waals surface area contributed by atoms with Crippen LogP contribution >= 0.6 is 33.9 Å². The zero-order chi connectivity index (χ0) is 8.72.